The lowest BCUT2D eigenvalue weighted by atomic mass is 9.61. The summed E-state index contributed by atoms with van der Waals surface area (Å²) in [6.07, 6.45) is -7.93. The quantitative estimate of drug-likeness (QED) is 0.325. The molecule has 2 aromatic rings. The normalized spacial score (nSPS) is 18.0. The molecule has 2 aromatic carbocycles. The molecule has 1 saturated carbocycles. The number of phenolic OH excluding ortho intramolecular Hbond substituents is 2. The molecule has 8 nitrogen and oxygen atoms in total. The zero-order valence-electron chi connectivity index (χ0n) is 16.6. The summed E-state index contributed by atoms with van der Waals surface area (Å²) in [5.41, 5.74) is -8.11. The molecule has 0 aromatic heterocycles. The van der Waals surface area contributed by atoms with Gasteiger partial charge in [0, 0.05) is 28.7 Å². The first-order chi connectivity index (χ1) is 15.6. The fraction of sp³-hybridized carbons (Fsp3) is 0.368. The molecule has 2 N–H and O–H groups in total. The first-order valence-corrected chi connectivity index (χ1v) is 9.41. The number of halogens is 7. The van der Waals surface area contributed by atoms with Crippen molar-refractivity contribution in [2.75, 3.05) is 0 Å². The monoisotopic (exact) mass is 498 g/mol. The average molecular weight is 498 g/mol. The van der Waals surface area contributed by atoms with E-state index in [9.17, 15) is 61.2 Å². The molecule has 1 fully saturated rings. The lowest BCUT2D eigenvalue weighted by Crippen LogP contribution is -2.41. The number of benzene rings is 2. The smallest absolute Gasteiger partial charge is 0.391 e. The Morgan fingerprint density at radius 1 is 0.853 bits per heavy atom. The van der Waals surface area contributed by atoms with Crippen LogP contribution in [0.2, 0.25) is 0 Å². The highest BCUT2D eigenvalue weighted by atomic mass is 19.4. The van der Waals surface area contributed by atoms with Gasteiger partial charge in [-0.2, -0.15) is 22.0 Å². The Kier molecular flexibility index (Phi) is 6.09. The molecule has 184 valence electrons. The maximum Gasteiger partial charge on any atom is 0.391 e. The number of nitro benzene ring substituents is 2. The highest BCUT2D eigenvalue weighted by Crippen LogP contribution is 2.55. The minimum Gasteiger partial charge on any atom is -0.500 e. The highest BCUT2D eigenvalue weighted by molar-refractivity contribution is 5.58. The molecule has 0 amide bonds. The van der Waals surface area contributed by atoms with Gasteiger partial charge in [0.2, 0.25) is 23.1 Å². The second-order valence-corrected chi connectivity index (χ2v) is 7.77. The van der Waals surface area contributed by atoms with Gasteiger partial charge >= 0.3 is 17.6 Å². The summed E-state index contributed by atoms with van der Waals surface area (Å²) in [5.74, 6) is -14.5. The van der Waals surface area contributed by atoms with Crippen molar-refractivity contribution in [3.8, 4) is 11.5 Å². The molecule has 0 heterocycles. The molecule has 0 saturated heterocycles. The Labute approximate surface area is 184 Å². The lowest BCUT2D eigenvalue weighted by molar-refractivity contribution is -0.386. The Hall–Kier alpha value is -3.65. The molecule has 15 heteroatoms. The minimum absolute atomic E-state index is 0.183. The zero-order chi connectivity index (χ0) is 25.7. The van der Waals surface area contributed by atoms with Crippen LogP contribution < -0.4 is 0 Å². The largest absolute Gasteiger partial charge is 0.500 e. The van der Waals surface area contributed by atoms with Gasteiger partial charge in [-0.25, -0.2) is 8.78 Å². The summed E-state index contributed by atoms with van der Waals surface area (Å²) < 4.78 is 99.4. The summed E-state index contributed by atoms with van der Waals surface area (Å²) in [7, 11) is 0. The Morgan fingerprint density at radius 3 is 1.62 bits per heavy atom. The van der Waals surface area contributed by atoms with E-state index in [0.717, 1.165) is 0 Å². The first kappa shape index (κ1) is 25.0. The summed E-state index contributed by atoms with van der Waals surface area (Å²) in [4.78, 5) is 19.7. The van der Waals surface area contributed by atoms with E-state index >= 15 is 0 Å². The van der Waals surface area contributed by atoms with Crippen LogP contribution in [0.5, 0.6) is 11.5 Å². The van der Waals surface area contributed by atoms with Gasteiger partial charge in [-0.3, -0.25) is 20.2 Å². The molecule has 0 bridgehead atoms. The molecule has 0 radical (unpaired) electrons. The topological polar surface area (TPSA) is 127 Å². The van der Waals surface area contributed by atoms with Crippen LogP contribution in [0.1, 0.15) is 36.8 Å². The number of alkyl halides is 3. The third kappa shape index (κ3) is 3.84. The van der Waals surface area contributed by atoms with Crippen LogP contribution in [0.3, 0.4) is 0 Å². The van der Waals surface area contributed by atoms with Crippen LogP contribution >= 0.6 is 0 Å². The van der Waals surface area contributed by atoms with Crippen molar-refractivity contribution in [3.63, 3.8) is 0 Å². The third-order valence-electron chi connectivity index (χ3n) is 5.96. The fourth-order valence-corrected chi connectivity index (χ4v) is 4.37. The van der Waals surface area contributed by atoms with Crippen molar-refractivity contribution >= 4 is 11.4 Å². The average Bonchev–Trinajstić information content (AvgIpc) is 2.75. The van der Waals surface area contributed by atoms with Crippen LogP contribution in [0.4, 0.5) is 42.1 Å². The van der Waals surface area contributed by atoms with Gasteiger partial charge in [-0.1, -0.05) is 6.42 Å². The number of phenols is 2. The van der Waals surface area contributed by atoms with Gasteiger partial charge in [-0.05, 0) is 19.3 Å². The number of rotatable bonds is 4. The van der Waals surface area contributed by atoms with Crippen LogP contribution in [0, 0.1) is 49.4 Å². The number of nitro groups is 2. The van der Waals surface area contributed by atoms with Gasteiger partial charge in [0.25, 0.3) is 0 Å². The van der Waals surface area contributed by atoms with E-state index in [4.69, 9.17) is 0 Å². The third-order valence-corrected chi connectivity index (χ3v) is 5.96. The van der Waals surface area contributed by atoms with Gasteiger partial charge in [-0.15, -0.1) is 0 Å². The van der Waals surface area contributed by atoms with Crippen LogP contribution in [0.15, 0.2) is 12.1 Å². The van der Waals surface area contributed by atoms with E-state index in [1.54, 1.807) is 0 Å². The van der Waals surface area contributed by atoms with Crippen LogP contribution in [-0.4, -0.2) is 26.2 Å². The molecule has 1 aliphatic carbocycles. The molecule has 3 rings (SSSR count). The SMILES string of the molecule is O=[N+]([O-])c1cc(C2(c3cc([N+](=O)[O-])c(O)c(F)c3F)CCCC(C(F)(F)F)C2)c(F)c(F)c1O. The highest BCUT2D eigenvalue weighted by Gasteiger charge is 2.52. The maximum absolute atomic E-state index is 15.0. The van der Waals surface area contributed by atoms with Gasteiger partial charge in [0.05, 0.1) is 15.8 Å². The predicted molar refractivity (Wildman–Crippen MR) is 98.1 cm³/mol. The summed E-state index contributed by atoms with van der Waals surface area (Å²) in [6, 6.07) is 0.366. The number of hydrogen-bond donors (Lipinski definition) is 2. The van der Waals surface area contributed by atoms with Crippen molar-refractivity contribution in [2.45, 2.75) is 37.3 Å². The van der Waals surface area contributed by atoms with E-state index in [1.165, 1.54) is 0 Å². The van der Waals surface area contributed by atoms with Crippen molar-refractivity contribution in [3.05, 3.63) is 66.8 Å². The molecule has 0 aliphatic heterocycles. The summed E-state index contributed by atoms with van der Waals surface area (Å²) >= 11 is 0. The molecule has 34 heavy (non-hydrogen) atoms. The minimum atomic E-state index is -4.97. The molecule has 1 unspecified atom stereocenters. The fourth-order valence-electron chi connectivity index (χ4n) is 4.37. The Morgan fingerprint density at radius 2 is 1.26 bits per heavy atom. The Bertz CT molecular complexity index is 1130. The standard InChI is InChI=1S/C19H13F7N2O6/c20-12-8(4-10(27(31)32)16(29)14(12)22)18(3-1-2-7(6-18)19(24,25)26)9-5-11(28(33)34)17(30)15(23)13(9)21/h4-5,7,29-30H,1-3,6H2. The number of hydrogen-bond acceptors (Lipinski definition) is 6. The van der Waals surface area contributed by atoms with Crippen LogP contribution in [0.25, 0.3) is 0 Å². The van der Waals surface area contributed by atoms with Crippen molar-refractivity contribution in [2.24, 2.45) is 5.92 Å². The molecule has 1 atom stereocenters. The summed E-state index contributed by atoms with van der Waals surface area (Å²) in [5, 5.41) is 41.6. The summed E-state index contributed by atoms with van der Waals surface area (Å²) in [6.45, 7) is 0. The second-order valence-electron chi connectivity index (χ2n) is 7.77. The number of nitrogens with zero attached hydrogens (tertiary/aromatic N) is 2. The second kappa shape index (κ2) is 8.29. The van der Waals surface area contributed by atoms with E-state index in [2.05, 4.69) is 0 Å². The first-order valence-electron chi connectivity index (χ1n) is 9.41. The molecule has 1 aliphatic rings. The van der Waals surface area contributed by atoms with Crippen molar-refractivity contribution in [1.29, 1.82) is 0 Å². The number of aromatic hydroxyl groups is 2. The van der Waals surface area contributed by atoms with Crippen molar-refractivity contribution < 1.29 is 50.8 Å². The predicted octanol–water partition coefficient (Wildman–Crippen LogP) is 5.51. The van der Waals surface area contributed by atoms with E-state index in [1.807, 2.05) is 0 Å². The molecule has 0 spiro atoms. The van der Waals surface area contributed by atoms with Gasteiger partial charge in [0.1, 0.15) is 0 Å². The zero-order valence-corrected chi connectivity index (χ0v) is 16.6. The molecular weight excluding hydrogens is 485 g/mol. The van der Waals surface area contributed by atoms with Gasteiger partial charge in [0.15, 0.2) is 11.6 Å². The molecular formula is C19H13F7N2O6. The van der Waals surface area contributed by atoms with Crippen molar-refractivity contribution in [1.82, 2.24) is 0 Å². The lowest BCUT2D eigenvalue weighted by Gasteiger charge is -2.42. The van der Waals surface area contributed by atoms with E-state index < -0.39 is 110 Å². The Balaban J connectivity index is 2.48. The van der Waals surface area contributed by atoms with Gasteiger partial charge < -0.3 is 10.2 Å². The van der Waals surface area contributed by atoms with E-state index in [-0.39, 0.29) is 12.1 Å². The van der Waals surface area contributed by atoms with Crippen LogP contribution in [-0.2, 0) is 5.41 Å². The van der Waals surface area contributed by atoms with E-state index in [0.29, 0.717) is 0 Å². The maximum atomic E-state index is 15.0.